The second-order valence-electron chi connectivity index (χ2n) is 4.16. The summed E-state index contributed by atoms with van der Waals surface area (Å²) in [5.74, 6) is -1.86. The summed E-state index contributed by atoms with van der Waals surface area (Å²) in [4.78, 5) is 21.9. The van der Waals surface area contributed by atoms with Gasteiger partial charge in [-0.05, 0) is 23.8 Å². The number of aliphatic carboxylic acids is 1. The number of esters is 1. The fourth-order valence-electron chi connectivity index (χ4n) is 1.61. The Hall–Kier alpha value is -1.45. The van der Waals surface area contributed by atoms with E-state index in [0.29, 0.717) is 8.78 Å². The van der Waals surface area contributed by atoms with Gasteiger partial charge in [0.2, 0.25) is 10.0 Å². The van der Waals surface area contributed by atoms with E-state index < -0.39 is 28.5 Å². The van der Waals surface area contributed by atoms with Crippen LogP contribution in [0.3, 0.4) is 0 Å². The van der Waals surface area contributed by atoms with Crippen LogP contribution in [0.4, 0.5) is 0 Å². The first-order valence-electron chi connectivity index (χ1n) is 5.72. The van der Waals surface area contributed by atoms with Crippen LogP contribution in [0.15, 0.2) is 27.6 Å². The van der Waals surface area contributed by atoms with Gasteiger partial charge in [-0.25, -0.2) is 8.42 Å². The largest absolute Gasteiger partial charge is 0.480 e. The first-order valence-corrected chi connectivity index (χ1v) is 7.95. The van der Waals surface area contributed by atoms with Crippen LogP contribution in [0.2, 0.25) is 0 Å². The van der Waals surface area contributed by atoms with Gasteiger partial charge in [-0.15, -0.1) is 0 Å². The number of sulfonamides is 1. The number of hydrogen-bond donors (Lipinski definition) is 1. The molecule has 21 heavy (non-hydrogen) atoms. The highest BCUT2D eigenvalue weighted by Crippen LogP contribution is 2.24. The normalized spacial score (nSPS) is 11.4. The SMILES string of the molecule is COC(=O)Cc1cc(Br)ccc1S(=O)(=O)N(C)CC(=O)O. The number of carbonyl (C=O) groups excluding carboxylic acids is 1. The van der Waals surface area contributed by atoms with Crippen molar-refractivity contribution in [3.63, 3.8) is 0 Å². The Bertz CT molecular complexity index is 658. The maximum Gasteiger partial charge on any atom is 0.318 e. The van der Waals surface area contributed by atoms with Gasteiger partial charge < -0.3 is 9.84 Å². The average molecular weight is 380 g/mol. The Kier molecular flexibility index (Phi) is 5.87. The van der Waals surface area contributed by atoms with E-state index in [1.54, 1.807) is 0 Å². The molecular formula is C12H14BrNO6S. The monoisotopic (exact) mass is 379 g/mol. The van der Waals surface area contributed by atoms with Gasteiger partial charge in [0.05, 0.1) is 18.4 Å². The van der Waals surface area contributed by atoms with Crippen molar-refractivity contribution in [2.75, 3.05) is 20.7 Å². The lowest BCUT2D eigenvalue weighted by Crippen LogP contribution is -2.32. The smallest absolute Gasteiger partial charge is 0.318 e. The molecule has 9 heteroatoms. The second kappa shape index (κ2) is 7.01. The topological polar surface area (TPSA) is 101 Å². The van der Waals surface area contributed by atoms with Crippen LogP contribution in [0.1, 0.15) is 5.56 Å². The number of likely N-dealkylation sites (N-methyl/N-ethyl adjacent to an activating group) is 1. The van der Waals surface area contributed by atoms with Gasteiger partial charge in [0.1, 0.15) is 6.54 Å². The first kappa shape index (κ1) is 17.6. The van der Waals surface area contributed by atoms with Crippen molar-refractivity contribution in [3.05, 3.63) is 28.2 Å². The third kappa shape index (κ3) is 4.51. The summed E-state index contributed by atoms with van der Waals surface area (Å²) in [5.41, 5.74) is 0.230. The molecule has 0 saturated carbocycles. The highest BCUT2D eigenvalue weighted by atomic mass is 79.9. The maximum atomic E-state index is 12.4. The number of rotatable bonds is 6. The zero-order valence-corrected chi connectivity index (χ0v) is 13.8. The zero-order valence-electron chi connectivity index (χ0n) is 11.4. The van der Waals surface area contributed by atoms with Crippen LogP contribution >= 0.6 is 15.9 Å². The summed E-state index contributed by atoms with van der Waals surface area (Å²) < 4.78 is 30.6. The number of carboxylic acids is 1. The van der Waals surface area contributed by atoms with E-state index in [1.807, 2.05) is 0 Å². The molecule has 0 saturated heterocycles. The van der Waals surface area contributed by atoms with E-state index in [4.69, 9.17) is 5.11 Å². The van der Waals surface area contributed by atoms with Crippen molar-refractivity contribution in [3.8, 4) is 0 Å². The van der Waals surface area contributed by atoms with Gasteiger partial charge in [0, 0.05) is 11.5 Å². The van der Waals surface area contributed by atoms with Crippen LogP contribution < -0.4 is 0 Å². The Balaban J connectivity index is 3.28. The molecule has 0 spiro atoms. The van der Waals surface area contributed by atoms with E-state index in [0.717, 1.165) is 7.05 Å². The molecule has 116 valence electrons. The Labute approximate surface area is 130 Å². The summed E-state index contributed by atoms with van der Waals surface area (Å²) in [5, 5.41) is 8.70. The predicted molar refractivity (Wildman–Crippen MR) is 77.3 cm³/mol. The third-order valence-electron chi connectivity index (χ3n) is 2.63. The molecule has 0 unspecified atom stereocenters. The molecule has 7 nitrogen and oxygen atoms in total. The number of carboxylic acid groups (broad SMARTS) is 1. The molecule has 0 radical (unpaired) electrons. The van der Waals surface area contributed by atoms with Crippen molar-refractivity contribution >= 4 is 37.9 Å². The lowest BCUT2D eigenvalue weighted by molar-refractivity contribution is -0.140. The minimum atomic E-state index is -4.01. The molecule has 0 aliphatic rings. The standard InChI is InChI=1S/C12H14BrNO6S/c1-14(7-11(15)16)21(18,19)10-4-3-9(13)5-8(10)6-12(17)20-2/h3-5H,6-7H2,1-2H3,(H,15,16). The average Bonchev–Trinajstić information content (AvgIpc) is 2.37. The van der Waals surface area contributed by atoms with Crippen molar-refractivity contribution in [1.29, 1.82) is 0 Å². The highest BCUT2D eigenvalue weighted by Gasteiger charge is 2.26. The molecule has 0 aliphatic heterocycles. The van der Waals surface area contributed by atoms with Crippen LogP contribution in [-0.4, -0.2) is 50.5 Å². The van der Waals surface area contributed by atoms with Gasteiger partial charge in [-0.3, -0.25) is 9.59 Å². The lowest BCUT2D eigenvalue weighted by Gasteiger charge is -2.17. The van der Waals surface area contributed by atoms with Crippen molar-refractivity contribution in [1.82, 2.24) is 4.31 Å². The van der Waals surface area contributed by atoms with Crippen LogP contribution in [0.25, 0.3) is 0 Å². The summed E-state index contributed by atoms with van der Waals surface area (Å²) in [6.07, 6.45) is -0.231. The number of benzene rings is 1. The third-order valence-corrected chi connectivity index (χ3v) is 5.03. The number of hydrogen-bond acceptors (Lipinski definition) is 5. The van der Waals surface area contributed by atoms with Gasteiger partial charge in [0.25, 0.3) is 0 Å². The Morgan fingerprint density at radius 1 is 1.38 bits per heavy atom. The minimum Gasteiger partial charge on any atom is -0.480 e. The summed E-state index contributed by atoms with van der Waals surface area (Å²) in [6.45, 7) is -0.671. The second-order valence-corrected chi connectivity index (χ2v) is 7.09. The fourth-order valence-corrected chi connectivity index (χ4v) is 3.34. The highest BCUT2D eigenvalue weighted by molar-refractivity contribution is 9.10. The molecule has 0 fully saturated rings. The van der Waals surface area contributed by atoms with Gasteiger partial charge in [0.15, 0.2) is 0 Å². The molecule has 1 aromatic carbocycles. The van der Waals surface area contributed by atoms with E-state index >= 15 is 0 Å². The van der Waals surface area contributed by atoms with Crippen molar-refractivity contribution in [2.24, 2.45) is 0 Å². The fraction of sp³-hybridized carbons (Fsp3) is 0.333. The Morgan fingerprint density at radius 3 is 2.52 bits per heavy atom. The molecule has 0 aromatic heterocycles. The number of carbonyl (C=O) groups is 2. The quantitative estimate of drug-likeness (QED) is 0.735. The molecule has 1 aromatic rings. The molecule has 0 atom stereocenters. The number of methoxy groups -OCH3 is 1. The Morgan fingerprint density at radius 2 is 2.00 bits per heavy atom. The van der Waals surface area contributed by atoms with E-state index in [1.165, 1.54) is 25.3 Å². The molecule has 1 rings (SSSR count). The zero-order chi connectivity index (χ0) is 16.2. The van der Waals surface area contributed by atoms with E-state index in [-0.39, 0.29) is 16.9 Å². The van der Waals surface area contributed by atoms with E-state index in [9.17, 15) is 18.0 Å². The molecule has 0 aliphatic carbocycles. The van der Waals surface area contributed by atoms with Crippen LogP contribution in [0, 0.1) is 0 Å². The minimum absolute atomic E-state index is 0.125. The van der Waals surface area contributed by atoms with Gasteiger partial charge >= 0.3 is 11.9 Å². The molecule has 0 heterocycles. The molecule has 0 bridgehead atoms. The first-order chi connectivity index (χ1) is 9.68. The van der Waals surface area contributed by atoms with Gasteiger partial charge in [-0.2, -0.15) is 4.31 Å². The van der Waals surface area contributed by atoms with E-state index in [2.05, 4.69) is 20.7 Å². The van der Waals surface area contributed by atoms with Crippen molar-refractivity contribution in [2.45, 2.75) is 11.3 Å². The van der Waals surface area contributed by atoms with Gasteiger partial charge in [-0.1, -0.05) is 15.9 Å². The molecule has 0 amide bonds. The number of nitrogens with zero attached hydrogens (tertiary/aromatic N) is 1. The molecule has 1 N–H and O–H groups in total. The summed E-state index contributed by atoms with van der Waals surface area (Å²) >= 11 is 3.20. The molecular weight excluding hydrogens is 366 g/mol. The van der Waals surface area contributed by atoms with Crippen molar-refractivity contribution < 1.29 is 27.9 Å². The number of halogens is 1. The predicted octanol–water partition coefficient (Wildman–Crippen LogP) is 0.870. The van der Waals surface area contributed by atoms with Crippen LogP contribution in [0.5, 0.6) is 0 Å². The summed E-state index contributed by atoms with van der Waals surface area (Å²) in [6, 6.07) is 4.30. The number of ether oxygens (including phenoxy) is 1. The summed E-state index contributed by atoms with van der Waals surface area (Å²) in [7, 11) is -1.65. The van der Waals surface area contributed by atoms with Crippen LogP contribution in [-0.2, 0) is 30.8 Å². The lowest BCUT2D eigenvalue weighted by atomic mass is 10.1. The maximum absolute atomic E-state index is 12.4.